The zero-order valence-corrected chi connectivity index (χ0v) is 14.0. The molecule has 3 aromatic rings. The van der Waals surface area contributed by atoms with Crippen molar-refractivity contribution in [2.45, 2.75) is 6.54 Å². The summed E-state index contributed by atoms with van der Waals surface area (Å²) in [5.74, 6) is -1.84. The van der Waals surface area contributed by atoms with Gasteiger partial charge in [0, 0.05) is 43.0 Å². The van der Waals surface area contributed by atoms with Crippen molar-refractivity contribution in [2.75, 3.05) is 31.9 Å². The van der Waals surface area contributed by atoms with Gasteiger partial charge in [0.2, 0.25) is 0 Å². The van der Waals surface area contributed by atoms with Gasteiger partial charge in [-0.2, -0.15) is 0 Å². The molecule has 0 spiro atoms. The third-order valence-electron chi connectivity index (χ3n) is 3.94. The van der Waals surface area contributed by atoms with Gasteiger partial charge in [0.1, 0.15) is 11.3 Å². The van der Waals surface area contributed by atoms with Crippen LogP contribution in [-0.2, 0) is 6.54 Å². The molecule has 0 saturated heterocycles. The molecule has 25 heavy (non-hydrogen) atoms. The Hall–Kier alpha value is -3.03. The average molecular weight is 348 g/mol. The normalized spacial score (nSPS) is 10.8. The van der Waals surface area contributed by atoms with E-state index in [1.165, 1.54) is 20.3 Å². The molecule has 1 aromatic carbocycles. The van der Waals surface area contributed by atoms with E-state index < -0.39 is 11.6 Å². The third-order valence-corrected chi connectivity index (χ3v) is 3.94. The van der Waals surface area contributed by atoms with Gasteiger partial charge in [-0.05, 0) is 6.07 Å². The first-order chi connectivity index (χ1) is 12.1. The van der Waals surface area contributed by atoms with Gasteiger partial charge < -0.3 is 25.1 Å². The summed E-state index contributed by atoms with van der Waals surface area (Å²) in [7, 11) is 4.39. The molecule has 132 valence electrons. The Balaban J connectivity index is 1.96. The van der Waals surface area contributed by atoms with E-state index in [4.69, 9.17) is 9.47 Å². The van der Waals surface area contributed by atoms with Gasteiger partial charge in [0.05, 0.1) is 19.9 Å². The Morgan fingerprint density at radius 3 is 2.40 bits per heavy atom. The molecule has 3 N–H and O–H groups in total. The molecular weight excluding hydrogens is 330 g/mol. The molecule has 0 radical (unpaired) electrons. The van der Waals surface area contributed by atoms with Gasteiger partial charge in [-0.3, -0.25) is 0 Å². The van der Waals surface area contributed by atoms with Crippen LogP contribution in [0.3, 0.4) is 0 Å². The second-order valence-electron chi connectivity index (χ2n) is 5.29. The standard InChI is InChI=1S/C17H18F2N4O2/c1-20-15-9(8-23-17-10(15)4-5-21-17)7-22-16-13(18)11(24-2)6-12(25-3)14(16)19/h4-6,8,22H,7H2,1-3H3,(H2,20,21,23). The fraction of sp³-hybridized carbons (Fsp3) is 0.235. The number of ether oxygens (including phenoxy) is 2. The number of H-pyrrole nitrogens is 1. The summed E-state index contributed by atoms with van der Waals surface area (Å²) in [4.78, 5) is 7.32. The van der Waals surface area contributed by atoms with Gasteiger partial charge in [0.15, 0.2) is 23.1 Å². The predicted octanol–water partition coefficient (Wildman–Crippen LogP) is 3.51. The fourth-order valence-corrected chi connectivity index (χ4v) is 2.70. The lowest BCUT2D eigenvalue weighted by Crippen LogP contribution is -2.08. The number of methoxy groups -OCH3 is 2. The second kappa shape index (κ2) is 6.84. The van der Waals surface area contributed by atoms with E-state index in [1.807, 2.05) is 6.07 Å². The van der Waals surface area contributed by atoms with E-state index in [0.717, 1.165) is 22.3 Å². The molecule has 0 aliphatic carbocycles. The van der Waals surface area contributed by atoms with Gasteiger partial charge >= 0.3 is 0 Å². The maximum Gasteiger partial charge on any atom is 0.191 e. The molecular formula is C17H18F2N4O2. The van der Waals surface area contributed by atoms with Crippen molar-refractivity contribution in [1.29, 1.82) is 0 Å². The number of hydrogen-bond donors (Lipinski definition) is 3. The predicted molar refractivity (Wildman–Crippen MR) is 92.4 cm³/mol. The first kappa shape index (κ1) is 16.8. The van der Waals surface area contributed by atoms with Crippen LogP contribution >= 0.6 is 0 Å². The first-order valence-corrected chi connectivity index (χ1v) is 7.57. The number of nitrogens with one attached hydrogen (secondary N) is 3. The van der Waals surface area contributed by atoms with Crippen molar-refractivity contribution in [3.05, 3.63) is 41.7 Å². The molecule has 0 fully saturated rings. The van der Waals surface area contributed by atoms with E-state index in [1.54, 1.807) is 19.4 Å². The lowest BCUT2D eigenvalue weighted by Gasteiger charge is -2.15. The largest absolute Gasteiger partial charge is 0.493 e. The van der Waals surface area contributed by atoms with Gasteiger partial charge in [-0.1, -0.05) is 0 Å². The van der Waals surface area contributed by atoms with Crippen LogP contribution in [0.4, 0.5) is 20.2 Å². The molecule has 2 aromatic heterocycles. The van der Waals surface area contributed by atoms with E-state index in [0.29, 0.717) is 0 Å². The van der Waals surface area contributed by atoms with Crippen LogP contribution in [-0.4, -0.2) is 31.2 Å². The van der Waals surface area contributed by atoms with Crippen LogP contribution in [0.15, 0.2) is 24.5 Å². The number of anilines is 2. The quantitative estimate of drug-likeness (QED) is 0.636. The van der Waals surface area contributed by atoms with Gasteiger partial charge in [-0.15, -0.1) is 0 Å². The molecule has 3 rings (SSSR count). The van der Waals surface area contributed by atoms with Crippen molar-refractivity contribution in [2.24, 2.45) is 0 Å². The van der Waals surface area contributed by atoms with Crippen molar-refractivity contribution >= 4 is 22.4 Å². The molecule has 8 heteroatoms. The lowest BCUT2D eigenvalue weighted by atomic mass is 10.1. The molecule has 0 atom stereocenters. The molecule has 0 saturated carbocycles. The summed E-state index contributed by atoms with van der Waals surface area (Å²) < 4.78 is 38.7. The summed E-state index contributed by atoms with van der Waals surface area (Å²) in [5.41, 5.74) is 2.01. The number of rotatable bonds is 6. The zero-order chi connectivity index (χ0) is 18.0. The molecule has 6 nitrogen and oxygen atoms in total. The van der Waals surface area contributed by atoms with E-state index in [2.05, 4.69) is 20.6 Å². The molecule has 0 unspecified atom stereocenters. The Morgan fingerprint density at radius 2 is 1.80 bits per heavy atom. The van der Waals surface area contributed by atoms with Crippen LogP contribution in [0.1, 0.15) is 5.56 Å². The number of pyridine rings is 1. The van der Waals surface area contributed by atoms with Crippen molar-refractivity contribution in [3.63, 3.8) is 0 Å². The summed E-state index contributed by atoms with van der Waals surface area (Å²) in [6, 6.07) is 3.05. The van der Waals surface area contributed by atoms with Crippen LogP contribution < -0.4 is 20.1 Å². The third kappa shape index (κ3) is 2.90. The Labute approximate surface area is 143 Å². The highest BCUT2D eigenvalue weighted by Gasteiger charge is 2.20. The number of halogens is 2. The maximum absolute atomic E-state index is 14.4. The number of nitrogens with zero attached hydrogens (tertiary/aromatic N) is 1. The SMILES string of the molecule is CNc1c(CNc2c(F)c(OC)cc(OC)c2F)cnc2[nH]ccc12. The van der Waals surface area contributed by atoms with Crippen molar-refractivity contribution < 1.29 is 18.3 Å². The van der Waals surface area contributed by atoms with Crippen molar-refractivity contribution in [3.8, 4) is 11.5 Å². The lowest BCUT2D eigenvalue weighted by molar-refractivity contribution is 0.360. The summed E-state index contributed by atoms with van der Waals surface area (Å²) in [5, 5.41) is 6.77. The number of fused-ring (bicyclic) bond motifs is 1. The fourth-order valence-electron chi connectivity index (χ4n) is 2.70. The summed E-state index contributed by atoms with van der Waals surface area (Å²) in [6.07, 6.45) is 3.42. The Bertz CT molecular complexity index is 883. The number of hydrogen-bond acceptors (Lipinski definition) is 5. The smallest absolute Gasteiger partial charge is 0.191 e. The first-order valence-electron chi connectivity index (χ1n) is 7.57. The number of aromatic nitrogens is 2. The molecule has 2 heterocycles. The maximum atomic E-state index is 14.4. The zero-order valence-electron chi connectivity index (χ0n) is 14.0. The topological polar surface area (TPSA) is 71.2 Å². The minimum Gasteiger partial charge on any atom is -0.493 e. The highest BCUT2D eigenvalue weighted by Crippen LogP contribution is 2.35. The average Bonchev–Trinajstić information content (AvgIpc) is 3.10. The Morgan fingerprint density at radius 1 is 1.12 bits per heavy atom. The minimum absolute atomic E-state index is 0.103. The molecule has 0 aliphatic heterocycles. The number of benzene rings is 1. The highest BCUT2D eigenvalue weighted by molar-refractivity contribution is 5.91. The summed E-state index contributed by atoms with van der Waals surface area (Å²) >= 11 is 0. The number of aromatic amines is 1. The second-order valence-corrected chi connectivity index (χ2v) is 5.29. The minimum atomic E-state index is -0.817. The monoisotopic (exact) mass is 348 g/mol. The van der Waals surface area contributed by atoms with Gasteiger partial charge in [0.25, 0.3) is 0 Å². The highest BCUT2D eigenvalue weighted by atomic mass is 19.1. The van der Waals surface area contributed by atoms with E-state index >= 15 is 0 Å². The Kier molecular flexibility index (Phi) is 4.60. The van der Waals surface area contributed by atoms with Crippen LogP contribution in [0.25, 0.3) is 11.0 Å². The van der Waals surface area contributed by atoms with Gasteiger partial charge in [-0.25, -0.2) is 13.8 Å². The van der Waals surface area contributed by atoms with E-state index in [9.17, 15) is 8.78 Å². The van der Waals surface area contributed by atoms with Crippen LogP contribution in [0.5, 0.6) is 11.5 Å². The van der Waals surface area contributed by atoms with Crippen molar-refractivity contribution in [1.82, 2.24) is 9.97 Å². The van der Waals surface area contributed by atoms with Crippen LogP contribution in [0.2, 0.25) is 0 Å². The van der Waals surface area contributed by atoms with Crippen LogP contribution in [0, 0.1) is 11.6 Å². The molecule has 0 bridgehead atoms. The molecule has 0 amide bonds. The molecule has 0 aliphatic rings. The summed E-state index contributed by atoms with van der Waals surface area (Å²) in [6.45, 7) is 0.161. The van der Waals surface area contributed by atoms with E-state index in [-0.39, 0.29) is 23.7 Å².